The molecule has 2 aliphatic heterocycles. The van der Waals surface area contributed by atoms with Gasteiger partial charge in [0.1, 0.15) is 23.4 Å². The molecule has 4 bridgehead atoms. The predicted octanol–water partition coefficient (Wildman–Crippen LogP) is 3.66. The van der Waals surface area contributed by atoms with Crippen molar-refractivity contribution >= 4 is 50.6 Å². The number of sulfonamides is 1. The van der Waals surface area contributed by atoms with E-state index in [2.05, 4.69) is 21.6 Å². The number of allylic oxidation sites excluding steroid dienone is 1. The summed E-state index contributed by atoms with van der Waals surface area (Å²) < 4.78 is 45.2. The number of hydrogen-bond donors (Lipinski definition) is 2. The number of carbonyl (C=O) groups is 4. The number of benzene rings is 1. The summed E-state index contributed by atoms with van der Waals surface area (Å²) >= 11 is 0. The van der Waals surface area contributed by atoms with E-state index in [9.17, 15) is 27.6 Å². The lowest BCUT2D eigenvalue weighted by molar-refractivity contribution is -0.153. The summed E-state index contributed by atoms with van der Waals surface area (Å²) in [5.41, 5.74) is -1.42. The van der Waals surface area contributed by atoms with Crippen molar-refractivity contribution in [2.24, 2.45) is 17.3 Å². The van der Waals surface area contributed by atoms with Crippen molar-refractivity contribution < 1.29 is 41.8 Å². The number of aromatic nitrogens is 1. The topological polar surface area (TPSA) is 170 Å². The van der Waals surface area contributed by atoms with Crippen LogP contribution in [0.3, 0.4) is 0 Å². The Morgan fingerprint density at radius 2 is 1.96 bits per heavy atom. The van der Waals surface area contributed by atoms with E-state index >= 15 is 0 Å². The van der Waals surface area contributed by atoms with E-state index in [4.69, 9.17) is 14.2 Å². The molecule has 2 aromatic rings. The van der Waals surface area contributed by atoms with Crippen LogP contribution in [0.15, 0.2) is 43.1 Å². The number of pyridine rings is 1. The lowest BCUT2D eigenvalue weighted by atomic mass is 9.77. The van der Waals surface area contributed by atoms with Gasteiger partial charge in [-0.25, -0.2) is 13.4 Å². The molecule has 2 N–H and O–H groups in total. The van der Waals surface area contributed by atoms with Gasteiger partial charge in [-0.1, -0.05) is 39.0 Å². The third-order valence-corrected chi connectivity index (χ3v) is 12.1. The van der Waals surface area contributed by atoms with Crippen molar-refractivity contribution in [1.82, 2.24) is 19.9 Å². The molecule has 3 amide bonds. The first-order chi connectivity index (χ1) is 24.2. The van der Waals surface area contributed by atoms with Gasteiger partial charge in [0.2, 0.25) is 27.7 Å². The number of nitrogens with one attached hydrogen (secondary N) is 2. The van der Waals surface area contributed by atoms with Crippen molar-refractivity contribution in [3.8, 4) is 11.6 Å². The zero-order chi connectivity index (χ0) is 36.7. The van der Waals surface area contributed by atoms with Crippen LogP contribution in [0.1, 0.15) is 71.3 Å². The van der Waals surface area contributed by atoms with E-state index in [0.717, 1.165) is 10.9 Å². The van der Waals surface area contributed by atoms with Gasteiger partial charge in [0.15, 0.2) is 0 Å². The Labute approximate surface area is 298 Å². The minimum atomic E-state index is -3.89. The Balaban J connectivity index is 1.35. The summed E-state index contributed by atoms with van der Waals surface area (Å²) in [5.74, 6) is -2.80. The van der Waals surface area contributed by atoms with Crippen molar-refractivity contribution in [2.45, 2.75) is 88.7 Å². The smallest absolute Gasteiger partial charge is 0.306 e. The third kappa shape index (κ3) is 7.61. The van der Waals surface area contributed by atoms with Gasteiger partial charge in [0.25, 0.3) is 5.91 Å². The van der Waals surface area contributed by atoms with Crippen LogP contribution in [-0.2, 0) is 33.9 Å². The molecule has 5 atom stereocenters. The Morgan fingerprint density at radius 1 is 1.20 bits per heavy atom. The summed E-state index contributed by atoms with van der Waals surface area (Å²) in [7, 11) is -2.29. The lowest BCUT2D eigenvalue weighted by Crippen LogP contribution is -2.57. The molecule has 1 aromatic carbocycles. The highest BCUT2D eigenvalue weighted by molar-refractivity contribution is 7.91. The largest absolute Gasteiger partial charge is 0.496 e. The number of esters is 1. The maximum Gasteiger partial charge on any atom is 0.306 e. The number of fused-ring (bicyclic) bond motifs is 3. The van der Waals surface area contributed by atoms with Crippen molar-refractivity contribution in [3.05, 3.63) is 48.7 Å². The van der Waals surface area contributed by atoms with E-state index in [1.807, 2.05) is 51.1 Å². The van der Waals surface area contributed by atoms with E-state index < -0.39 is 73.9 Å². The summed E-state index contributed by atoms with van der Waals surface area (Å²) in [5, 5.41) is 3.71. The number of rotatable bonds is 7. The minimum Gasteiger partial charge on any atom is -0.496 e. The molecule has 0 spiro atoms. The number of amides is 3. The Morgan fingerprint density at radius 3 is 2.63 bits per heavy atom. The standard InChI is InChI=1S/C37H46N4O9S/c1-6-24-20-37(24,35(45)40-51(46,47)26-11-12-26)39-32(43)29-18-25-21-41(29)34(44)28(36(2,3)4)19-31(42)49-15-9-7-8-10-23-16-27-22(17-30(23)48-5)13-14-38-33(27)50-25/h6,8,10,13-14,16-17,24-26,28-29H,1,7,9,11-12,15,18-21H2,2-5H3,(H,39,43)(H,40,45)/b10-8+/t24-,25-,28-,29+,37-/m1/s1. The first kappa shape index (κ1) is 36.3. The fourth-order valence-electron chi connectivity index (χ4n) is 6.93. The summed E-state index contributed by atoms with van der Waals surface area (Å²) in [4.78, 5) is 61.2. The van der Waals surface area contributed by atoms with Gasteiger partial charge in [-0.3, -0.25) is 23.9 Å². The van der Waals surface area contributed by atoms with E-state index in [1.165, 1.54) is 11.0 Å². The van der Waals surface area contributed by atoms with Gasteiger partial charge in [0, 0.05) is 29.5 Å². The van der Waals surface area contributed by atoms with Gasteiger partial charge in [0.05, 0.1) is 37.9 Å². The summed E-state index contributed by atoms with van der Waals surface area (Å²) in [6, 6.07) is 4.54. The maximum atomic E-state index is 14.5. The number of ether oxygens (including phenoxy) is 3. The van der Waals surface area contributed by atoms with Crippen LogP contribution >= 0.6 is 0 Å². The second-order valence-electron chi connectivity index (χ2n) is 15.0. The third-order valence-electron chi connectivity index (χ3n) is 10.2. The zero-order valence-corrected chi connectivity index (χ0v) is 30.3. The maximum absolute atomic E-state index is 14.5. The molecular formula is C37H46N4O9S. The molecule has 3 heterocycles. The molecule has 51 heavy (non-hydrogen) atoms. The molecule has 6 rings (SSSR count). The molecule has 0 unspecified atom stereocenters. The summed E-state index contributed by atoms with van der Waals surface area (Å²) in [6.07, 6.45) is 8.50. The molecular weight excluding hydrogens is 676 g/mol. The second-order valence-corrected chi connectivity index (χ2v) is 16.9. The van der Waals surface area contributed by atoms with Crippen LogP contribution in [0, 0.1) is 17.3 Å². The van der Waals surface area contributed by atoms with Crippen molar-refractivity contribution in [2.75, 3.05) is 20.3 Å². The molecule has 1 aromatic heterocycles. The molecule has 2 aliphatic carbocycles. The fourth-order valence-corrected chi connectivity index (χ4v) is 8.29. The number of nitrogens with zero attached hydrogens (tertiary/aromatic N) is 2. The second kappa shape index (κ2) is 13.9. The SMILES string of the molecule is C=C[C@@H]1C[C@]1(NC(=O)[C@@H]1C[C@@H]2CN1C(=O)[C@H](C(C)(C)C)CC(=O)OCCC/C=C/c1cc3c(nccc3cc1OC)O2)C(=O)NS(=O)(=O)C1CC1. The molecule has 3 fully saturated rings. The minimum absolute atomic E-state index is 0.000325. The van der Waals surface area contributed by atoms with Crippen LogP contribution in [0.4, 0.5) is 0 Å². The Kier molecular flexibility index (Phi) is 9.92. The van der Waals surface area contributed by atoms with Crippen LogP contribution in [0.5, 0.6) is 11.6 Å². The molecule has 1 saturated heterocycles. The highest BCUT2D eigenvalue weighted by Gasteiger charge is 2.62. The van der Waals surface area contributed by atoms with Crippen molar-refractivity contribution in [3.63, 3.8) is 0 Å². The average molecular weight is 723 g/mol. The van der Waals surface area contributed by atoms with E-state index in [0.29, 0.717) is 42.7 Å². The zero-order valence-electron chi connectivity index (χ0n) is 29.5. The van der Waals surface area contributed by atoms with E-state index in [1.54, 1.807) is 13.3 Å². The first-order valence-electron chi connectivity index (χ1n) is 17.4. The van der Waals surface area contributed by atoms with Crippen molar-refractivity contribution in [1.29, 1.82) is 0 Å². The monoisotopic (exact) mass is 722 g/mol. The average Bonchev–Trinajstić information content (AvgIpc) is 4.00. The molecule has 4 aliphatic rings. The van der Waals surface area contributed by atoms with Crippen LogP contribution < -0.4 is 19.5 Å². The number of cyclic esters (lactones) is 1. The van der Waals surface area contributed by atoms with Crippen LogP contribution in [0.2, 0.25) is 0 Å². The van der Waals surface area contributed by atoms with Gasteiger partial charge < -0.3 is 24.4 Å². The van der Waals surface area contributed by atoms with Gasteiger partial charge in [-0.05, 0) is 61.1 Å². The number of methoxy groups -OCH3 is 1. The Bertz CT molecular complexity index is 1880. The number of carbonyl (C=O) groups excluding carboxylic acids is 4. The van der Waals surface area contributed by atoms with Crippen LogP contribution in [0.25, 0.3) is 16.8 Å². The highest BCUT2D eigenvalue weighted by Crippen LogP contribution is 2.46. The molecule has 2 saturated carbocycles. The van der Waals surface area contributed by atoms with E-state index in [-0.39, 0.29) is 32.4 Å². The molecule has 0 radical (unpaired) electrons. The molecule has 14 heteroatoms. The lowest BCUT2D eigenvalue weighted by Gasteiger charge is -2.35. The number of hydrogen-bond acceptors (Lipinski definition) is 10. The quantitative estimate of drug-likeness (QED) is 0.318. The molecule has 274 valence electrons. The fraction of sp³-hybridized carbons (Fsp3) is 0.541. The van der Waals surface area contributed by atoms with Gasteiger partial charge in [-0.15, -0.1) is 6.58 Å². The first-order valence-corrected chi connectivity index (χ1v) is 19.0. The van der Waals surface area contributed by atoms with Gasteiger partial charge in [-0.2, -0.15) is 0 Å². The Hall–Kier alpha value is -4.46. The summed E-state index contributed by atoms with van der Waals surface area (Å²) in [6.45, 7) is 9.50. The van der Waals surface area contributed by atoms with Crippen LogP contribution in [-0.4, -0.2) is 85.2 Å². The normalized spacial score (nSPS) is 27.8. The predicted molar refractivity (Wildman–Crippen MR) is 189 cm³/mol. The van der Waals surface area contributed by atoms with Gasteiger partial charge >= 0.3 is 5.97 Å². The molecule has 13 nitrogen and oxygen atoms in total. The highest BCUT2D eigenvalue weighted by atomic mass is 32.2.